The van der Waals surface area contributed by atoms with Crippen LogP contribution in [0, 0.1) is 11.3 Å². The van der Waals surface area contributed by atoms with Crippen molar-refractivity contribution in [3.63, 3.8) is 0 Å². The number of rotatable bonds is 2. The molecule has 0 fully saturated rings. The van der Waals surface area contributed by atoms with Crippen LogP contribution < -0.4 is 5.32 Å². The average molecular weight is 302 g/mol. The topological polar surface area (TPSA) is 65.8 Å². The highest BCUT2D eigenvalue weighted by atomic mass is 79.9. The largest absolute Gasteiger partial charge is 0.321 e. The highest BCUT2D eigenvalue weighted by Gasteiger charge is 2.08. The Kier molecular flexibility index (Phi) is 3.70. The fourth-order valence-electron chi connectivity index (χ4n) is 1.39. The summed E-state index contributed by atoms with van der Waals surface area (Å²) in [5, 5.41) is 11.5. The lowest BCUT2D eigenvalue weighted by atomic mass is 10.2. The van der Waals surface area contributed by atoms with E-state index in [1.165, 1.54) is 12.3 Å². The van der Waals surface area contributed by atoms with Crippen molar-refractivity contribution in [2.45, 2.75) is 0 Å². The van der Waals surface area contributed by atoms with Crippen LogP contribution in [0.5, 0.6) is 0 Å². The molecule has 0 radical (unpaired) electrons. The lowest BCUT2D eigenvalue weighted by Gasteiger charge is -2.04. The number of carbonyl (C=O) groups is 1. The number of nitriles is 1. The second kappa shape index (κ2) is 5.43. The number of anilines is 1. The van der Waals surface area contributed by atoms with Crippen LogP contribution in [0.15, 0.2) is 47.1 Å². The summed E-state index contributed by atoms with van der Waals surface area (Å²) in [6.45, 7) is 0. The van der Waals surface area contributed by atoms with Gasteiger partial charge in [-0.1, -0.05) is 22.0 Å². The summed E-state index contributed by atoms with van der Waals surface area (Å²) < 4.78 is 0.874. The van der Waals surface area contributed by atoms with E-state index in [1.54, 1.807) is 18.2 Å². The summed E-state index contributed by atoms with van der Waals surface area (Å²) in [4.78, 5) is 15.8. The molecule has 2 rings (SSSR count). The minimum absolute atomic E-state index is 0.217. The number of halogens is 1. The normalized spacial score (nSPS) is 9.56. The molecule has 1 N–H and O–H groups in total. The van der Waals surface area contributed by atoms with Crippen molar-refractivity contribution in [2.75, 3.05) is 5.32 Å². The Balaban J connectivity index is 2.20. The van der Waals surface area contributed by atoms with Crippen molar-refractivity contribution >= 4 is 27.5 Å². The molecule has 5 heteroatoms. The molecule has 0 bridgehead atoms. The van der Waals surface area contributed by atoms with Gasteiger partial charge in [-0.2, -0.15) is 5.26 Å². The zero-order valence-electron chi connectivity index (χ0n) is 9.22. The predicted octanol–water partition coefficient (Wildman–Crippen LogP) is 2.97. The second-order valence-electron chi connectivity index (χ2n) is 3.51. The fourth-order valence-corrected chi connectivity index (χ4v) is 1.78. The Morgan fingerprint density at radius 2 is 2.17 bits per heavy atom. The number of carbonyl (C=O) groups excluding carboxylic acids is 1. The molecule has 0 saturated heterocycles. The Morgan fingerprint density at radius 3 is 2.89 bits per heavy atom. The second-order valence-corrected chi connectivity index (χ2v) is 4.42. The number of hydrogen-bond acceptors (Lipinski definition) is 3. The molecule has 0 aliphatic heterocycles. The van der Waals surface area contributed by atoms with Gasteiger partial charge in [-0.3, -0.25) is 9.78 Å². The zero-order valence-corrected chi connectivity index (χ0v) is 10.8. The van der Waals surface area contributed by atoms with Gasteiger partial charge >= 0.3 is 0 Å². The van der Waals surface area contributed by atoms with Crippen LogP contribution in [-0.2, 0) is 0 Å². The van der Waals surface area contributed by atoms with E-state index in [2.05, 4.69) is 26.2 Å². The maximum Gasteiger partial charge on any atom is 0.274 e. The molecule has 18 heavy (non-hydrogen) atoms. The van der Waals surface area contributed by atoms with Crippen molar-refractivity contribution in [2.24, 2.45) is 0 Å². The third-order valence-corrected chi connectivity index (χ3v) is 2.70. The molecule has 0 aliphatic carbocycles. The Morgan fingerprint density at radius 1 is 1.33 bits per heavy atom. The fraction of sp³-hybridized carbons (Fsp3) is 0. The molecule has 1 aromatic heterocycles. The number of pyridine rings is 1. The molecule has 0 aliphatic rings. The number of aromatic nitrogens is 1. The monoisotopic (exact) mass is 301 g/mol. The van der Waals surface area contributed by atoms with E-state index < -0.39 is 0 Å². The van der Waals surface area contributed by atoms with Crippen LogP contribution in [-0.4, -0.2) is 10.9 Å². The highest BCUT2D eigenvalue weighted by Crippen LogP contribution is 2.16. The van der Waals surface area contributed by atoms with Crippen LogP contribution in [0.25, 0.3) is 0 Å². The van der Waals surface area contributed by atoms with Gasteiger partial charge in [0.1, 0.15) is 5.69 Å². The molecule has 4 nitrogen and oxygen atoms in total. The molecule has 0 saturated carbocycles. The number of benzene rings is 1. The van der Waals surface area contributed by atoms with Crippen molar-refractivity contribution in [3.8, 4) is 6.07 Å². The van der Waals surface area contributed by atoms with E-state index in [1.807, 2.05) is 18.2 Å². The molecule has 1 amide bonds. The molecule has 1 heterocycles. The molecule has 2 aromatic rings. The molecular formula is C13H8BrN3O. The SMILES string of the molecule is N#Cc1ccnc(C(=O)Nc2cccc(Br)c2)c1. The molecule has 0 spiro atoms. The van der Waals surface area contributed by atoms with Crippen LogP contribution in [0.1, 0.15) is 16.1 Å². The maximum absolute atomic E-state index is 11.9. The van der Waals surface area contributed by atoms with Crippen LogP contribution in [0.4, 0.5) is 5.69 Å². The predicted molar refractivity (Wildman–Crippen MR) is 71.0 cm³/mol. The van der Waals surface area contributed by atoms with E-state index in [9.17, 15) is 4.79 Å². The number of nitrogens with one attached hydrogen (secondary N) is 1. The number of amides is 1. The third kappa shape index (κ3) is 2.93. The summed E-state index contributed by atoms with van der Waals surface area (Å²) >= 11 is 3.32. The van der Waals surface area contributed by atoms with Gasteiger partial charge in [0.15, 0.2) is 0 Å². The maximum atomic E-state index is 11.9. The summed E-state index contributed by atoms with van der Waals surface area (Å²) in [5.74, 6) is -0.342. The van der Waals surface area contributed by atoms with Crippen molar-refractivity contribution < 1.29 is 4.79 Å². The average Bonchev–Trinajstić information content (AvgIpc) is 2.39. The van der Waals surface area contributed by atoms with Crippen molar-refractivity contribution in [1.29, 1.82) is 5.26 Å². The quantitative estimate of drug-likeness (QED) is 0.927. The van der Waals surface area contributed by atoms with E-state index >= 15 is 0 Å². The molecular weight excluding hydrogens is 294 g/mol. The lowest BCUT2D eigenvalue weighted by molar-refractivity contribution is 0.102. The van der Waals surface area contributed by atoms with Gasteiger partial charge < -0.3 is 5.32 Å². The molecule has 1 aromatic carbocycles. The summed E-state index contributed by atoms with van der Waals surface area (Å²) in [6.07, 6.45) is 1.44. The number of nitrogens with zero attached hydrogens (tertiary/aromatic N) is 2. The highest BCUT2D eigenvalue weighted by molar-refractivity contribution is 9.10. The van der Waals surface area contributed by atoms with Gasteiger partial charge in [0.05, 0.1) is 11.6 Å². The first-order chi connectivity index (χ1) is 8.69. The minimum atomic E-state index is -0.342. The van der Waals surface area contributed by atoms with Gasteiger partial charge in [-0.25, -0.2) is 0 Å². The molecule has 88 valence electrons. The summed E-state index contributed by atoms with van der Waals surface area (Å²) in [6, 6.07) is 12.2. The lowest BCUT2D eigenvalue weighted by Crippen LogP contribution is -2.13. The molecule has 0 atom stereocenters. The third-order valence-electron chi connectivity index (χ3n) is 2.20. The van der Waals surface area contributed by atoms with Crippen LogP contribution >= 0.6 is 15.9 Å². The Hall–Kier alpha value is -2.19. The van der Waals surface area contributed by atoms with E-state index in [4.69, 9.17) is 5.26 Å². The summed E-state index contributed by atoms with van der Waals surface area (Å²) in [5.41, 5.74) is 1.29. The standard InChI is InChI=1S/C13H8BrN3O/c14-10-2-1-3-11(7-10)17-13(18)12-6-9(8-15)4-5-16-12/h1-7H,(H,17,18). The van der Waals surface area contributed by atoms with Crippen LogP contribution in [0.2, 0.25) is 0 Å². The first-order valence-corrected chi connectivity index (χ1v) is 5.91. The van der Waals surface area contributed by atoms with Gasteiger partial charge in [0.2, 0.25) is 0 Å². The Labute approximate surface area is 112 Å². The van der Waals surface area contributed by atoms with E-state index in [-0.39, 0.29) is 11.6 Å². The van der Waals surface area contributed by atoms with Gasteiger partial charge in [0, 0.05) is 16.4 Å². The van der Waals surface area contributed by atoms with Crippen molar-refractivity contribution in [1.82, 2.24) is 4.98 Å². The van der Waals surface area contributed by atoms with Gasteiger partial charge in [-0.05, 0) is 30.3 Å². The smallest absolute Gasteiger partial charge is 0.274 e. The zero-order chi connectivity index (χ0) is 13.0. The van der Waals surface area contributed by atoms with Crippen LogP contribution in [0.3, 0.4) is 0 Å². The van der Waals surface area contributed by atoms with E-state index in [0.717, 1.165) is 4.47 Å². The van der Waals surface area contributed by atoms with Crippen molar-refractivity contribution in [3.05, 3.63) is 58.3 Å². The van der Waals surface area contributed by atoms with Gasteiger partial charge in [0.25, 0.3) is 5.91 Å². The summed E-state index contributed by atoms with van der Waals surface area (Å²) in [7, 11) is 0. The first-order valence-electron chi connectivity index (χ1n) is 5.12. The van der Waals surface area contributed by atoms with E-state index in [0.29, 0.717) is 11.3 Å². The first kappa shape index (κ1) is 12.3. The minimum Gasteiger partial charge on any atom is -0.321 e. The number of hydrogen-bond donors (Lipinski definition) is 1. The Bertz CT molecular complexity index is 634. The molecule has 0 unspecified atom stereocenters. The van der Waals surface area contributed by atoms with Gasteiger partial charge in [-0.15, -0.1) is 0 Å².